The number of nitrogens with one attached hydrogen (secondary N) is 3. The molecule has 11 heteroatoms. The van der Waals surface area contributed by atoms with Gasteiger partial charge in [-0.1, -0.05) is 11.3 Å². The van der Waals surface area contributed by atoms with Crippen molar-refractivity contribution >= 4 is 45.4 Å². The second-order valence-corrected chi connectivity index (χ2v) is 6.19. The smallest absolute Gasteiger partial charge is 0.346 e. The number of amides is 2. The number of rotatable bonds is 6. The first-order chi connectivity index (χ1) is 12.4. The lowest BCUT2D eigenvalue weighted by molar-refractivity contribution is -0.118. The molecule has 0 spiro atoms. The molecule has 2 aromatic rings. The number of carbonyl (C=O) groups is 4. The molecule has 10 nitrogen and oxygen atoms in total. The number of cyclic esters (lactones) is 2. The van der Waals surface area contributed by atoms with Crippen molar-refractivity contribution in [2.75, 3.05) is 23.7 Å². The lowest BCUT2D eigenvalue weighted by Crippen LogP contribution is -2.26. The molecule has 0 bridgehead atoms. The number of aromatic nitrogens is 2. The van der Waals surface area contributed by atoms with Crippen LogP contribution in [0.25, 0.3) is 0 Å². The van der Waals surface area contributed by atoms with E-state index in [2.05, 4.69) is 30.9 Å². The average molecular weight is 375 g/mol. The minimum absolute atomic E-state index is 0.0558. The van der Waals surface area contributed by atoms with Crippen LogP contribution in [0.2, 0.25) is 0 Å². The highest BCUT2D eigenvalue weighted by Gasteiger charge is 2.30. The van der Waals surface area contributed by atoms with Crippen molar-refractivity contribution in [2.24, 2.45) is 0 Å². The van der Waals surface area contributed by atoms with Gasteiger partial charge in [0.15, 0.2) is 0 Å². The predicted octanol–water partition coefficient (Wildman–Crippen LogP) is 0.649. The van der Waals surface area contributed by atoms with E-state index in [1.54, 1.807) is 0 Å². The van der Waals surface area contributed by atoms with E-state index >= 15 is 0 Å². The van der Waals surface area contributed by atoms with Crippen LogP contribution >= 0.6 is 11.3 Å². The van der Waals surface area contributed by atoms with Gasteiger partial charge < -0.3 is 15.4 Å². The number of fused-ring (bicyclic) bond motifs is 1. The number of anilines is 2. The maximum atomic E-state index is 12.3. The fraction of sp³-hybridized carbons (Fsp3) is 0.200. The van der Waals surface area contributed by atoms with E-state index in [1.165, 1.54) is 25.1 Å². The Balaban J connectivity index is 1.60. The monoisotopic (exact) mass is 375 g/mol. The summed E-state index contributed by atoms with van der Waals surface area (Å²) in [6, 6.07) is 4.08. The second-order valence-electron chi connectivity index (χ2n) is 5.21. The summed E-state index contributed by atoms with van der Waals surface area (Å²) in [6.07, 6.45) is 0. The maximum Gasteiger partial charge on any atom is 0.346 e. The van der Waals surface area contributed by atoms with Crippen molar-refractivity contribution in [3.05, 3.63) is 34.9 Å². The van der Waals surface area contributed by atoms with Crippen LogP contribution in [-0.2, 0) is 9.53 Å². The van der Waals surface area contributed by atoms with Crippen molar-refractivity contribution in [3.8, 4) is 0 Å². The summed E-state index contributed by atoms with van der Waals surface area (Å²) >= 11 is 1.12. The van der Waals surface area contributed by atoms with Crippen LogP contribution in [0.4, 0.5) is 10.3 Å². The predicted molar refractivity (Wildman–Crippen MR) is 91.2 cm³/mol. The lowest BCUT2D eigenvalue weighted by atomic mass is 10.1. The van der Waals surface area contributed by atoms with Crippen LogP contribution in [0.15, 0.2) is 18.2 Å². The zero-order valence-electron chi connectivity index (χ0n) is 13.5. The van der Waals surface area contributed by atoms with Gasteiger partial charge in [0.05, 0.1) is 11.1 Å². The second kappa shape index (κ2) is 7.27. The number of carbonyl (C=O) groups excluding carboxylic acids is 4. The minimum Gasteiger partial charge on any atom is -0.386 e. The summed E-state index contributed by atoms with van der Waals surface area (Å²) in [5, 5.41) is 16.6. The Morgan fingerprint density at radius 1 is 1.08 bits per heavy atom. The van der Waals surface area contributed by atoms with Crippen molar-refractivity contribution in [3.63, 3.8) is 0 Å². The van der Waals surface area contributed by atoms with Gasteiger partial charge in [-0.05, 0) is 18.2 Å². The van der Waals surface area contributed by atoms with E-state index in [4.69, 9.17) is 0 Å². The highest BCUT2D eigenvalue weighted by Crippen LogP contribution is 2.23. The molecule has 134 valence electrons. The molecule has 0 unspecified atom stereocenters. The standard InChI is InChI=1S/C15H13N5O5S/c1-7(21)16-4-5-17-14-19-20-15(26-14)18-11(22)8-2-3-9-10(6-8)13(24)25-12(9)23/h2-3,6H,4-5H2,1H3,(H,16,21)(H,17,19)(H,18,20,22). The highest BCUT2D eigenvalue weighted by molar-refractivity contribution is 7.19. The molecule has 1 aliphatic heterocycles. The van der Waals surface area contributed by atoms with Gasteiger partial charge >= 0.3 is 11.9 Å². The Morgan fingerprint density at radius 3 is 2.58 bits per heavy atom. The van der Waals surface area contributed by atoms with E-state index in [0.717, 1.165) is 11.3 Å². The Labute approximate surface area is 150 Å². The van der Waals surface area contributed by atoms with Gasteiger partial charge in [-0.2, -0.15) is 0 Å². The Kier molecular flexibility index (Phi) is 4.89. The topological polar surface area (TPSA) is 139 Å². The van der Waals surface area contributed by atoms with Crippen LogP contribution in [0.5, 0.6) is 0 Å². The van der Waals surface area contributed by atoms with Gasteiger partial charge in [-0.25, -0.2) is 9.59 Å². The molecule has 0 aliphatic carbocycles. The molecular formula is C15H13N5O5S. The van der Waals surface area contributed by atoms with Crippen molar-refractivity contribution in [2.45, 2.75) is 6.92 Å². The van der Waals surface area contributed by atoms with E-state index in [-0.39, 0.29) is 27.7 Å². The zero-order valence-corrected chi connectivity index (χ0v) is 14.3. The Bertz CT molecular complexity index is 910. The first-order valence-electron chi connectivity index (χ1n) is 7.48. The summed E-state index contributed by atoms with van der Waals surface area (Å²) in [6.45, 7) is 2.32. The van der Waals surface area contributed by atoms with Crippen LogP contribution in [0, 0.1) is 0 Å². The normalized spacial score (nSPS) is 12.3. The van der Waals surface area contributed by atoms with Gasteiger partial charge in [0, 0.05) is 25.6 Å². The van der Waals surface area contributed by atoms with Gasteiger partial charge in [0.25, 0.3) is 5.91 Å². The molecule has 1 aromatic carbocycles. The van der Waals surface area contributed by atoms with Gasteiger partial charge in [0.2, 0.25) is 16.2 Å². The molecule has 1 aliphatic rings. The molecule has 2 amide bonds. The summed E-state index contributed by atoms with van der Waals surface area (Å²) in [5.74, 6) is -2.13. The zero-order chi connectivity index (χ0) is 18.7. The fourth-order valence-electron chi connectivity index (χ4n) is 2.15. The fourth-order valence-corrected chi connectivity index (χ4v) is 2.81. The number of hydrogen-bond acceptors (Lipinski definition) is 9. The highest BCUT2D eigenvalue weighted by atomic mass is 32.1. The summed E-state index contributed by atoms with van der Waals surface area (Å²) in [5.41, 5.74) is 0.374. The van der Waals surface area contributed by atoms with Crippen LogP contribution in [-0.4, -0.2) is 47.0 Å². The molecule has 3 N–H and O–H groups in total. The van der Waals surface area contributed by atoms with E-state index in [9.17, 15) is 19.2 Å². The van der Waals surface area contributed by atoms with Crippen molar-refractivity contribution in [1.29, 1.82) is 0 Å². The van der Waals surface area contributed by atoms with Crippen LogP contribution in [0.3, 0.4) is 0 Å². The van der Waals surface area contributed by atoms with E-state index in [1.807, 2.05) is 0 Å². The molecule has 0 fully saturated rings. The van der Waals surface area contributed by atoms with Gasteiger partial charge in [0.1, 0.15) is 0 Å². The number of nitrogens with zero attached hydrogens (tertiary/aromatic N) is 2. The number of benzene rings is 1. The molecule has 0 saturated heterocycles. The molecule has 0 saturated carbocycles. The van der Waals surface area contributed by atoms with Gasteiger partial charge in [-0.3, -0.25) is 14.9 Å². The lowest BCUT2D eigenvalue weighted by Gasteiger charge is -2.02. The molecule has 1 aromatic heterocycles. The molecule has 3 rings (SSSR count). The van der Waals surface area contributed by atoms with Crippen LogP contribution in [0.1, 0.15) is 38.0 Å². The third-order valence-electron chi connectivity index (χ3n) is 3.33. The van der Waals surface area contributed by atoms with Crippen LogP contribution < -0.4 is 16.0 Å². The Hall–Kier alpha value is -3.34. The third kappa shape index (κ3) is 3.83. The van der Waals surface area contributed by atoms with E-state index < -0.39 is 17.8 Å². The molecule has 2 heterocycles. The SMILES string of the molecule is CC(=O)NCCNc1nnc(NC(=O)c2ccc3c(c2)C(=O)OC3=O)s1. The van der Waals surface area contributed by atoms with Gasteiger partial charge in [-0.15, -0.1) is 10.2 Å². The summed E-state index contributed by atoms with van der Waals surface area (Å²) in [4.78, 5) is 46.0. The number of ether oxygens (including phenoxy) is 1. The van der Waals surface area contributed by atoms with E-state index in [0.29, 0.717) is 18.2 Å². The minimum atomic E-state index is -0.777. The quantitative estimate of drug-likeness (QED) is 0.380. The first-order valence-corrected chi connectivity index (χ1v) is 8.29. The number of hydrogen-bond donors (Lipinski definition) is 3. The first kappa shape index (κ1) is 17.5. The molecule has 0 radical (unpaired) electrons. The Morgan fingerprint density at radius 2 is 1.81 bits per heavy atom. The molecule has 26 heavy (non-hydrogen) atoms. The summed E-state index contributed by atoms with van der Waals surface area (Å²) in [7, 11) is 0. The maximum absolute atomic E-state index is 12.3. The average Bonchev–Trinajstić information content (AvgIpc) is 3.16. The van der Waals surface area contributed by atoms with Crippen molar-refractivity contribution in [1.82, 2.24) is 15.5 Å². The largest absolute Gasteiger partial charge is 0.386 e. The third-order valence-corrected chi connectivity index (χ3v) is 4.12. The summed E-state index contributed by atoms with van der Waals surface area (Å²) < 4.78 is 4.49. The molecule has 0 atom stereocenters. The van der Waals surface area contributed by atoms with Crippen molar-refractivity contribution < 1.29 is 23.9 Å². The number of esters is 2. The molecular weight excluding hydrogens is 362 g/mol.